The molecule has 5 nitrogen and oxygen atoms in total. The molecule has 1 aromatic rings. The van der Waals surface area contributed by atoms with Crippen molar-refractivity contribution in [2.24, 2.45) is 28.6 Å². The lowest BCUT2D eigenvalue weighted by molar-refractivity contribution is -0.136. The van der Waals surface area contributed by atoms with Crippen LogP contribution in [-0.4, -0.2) is 28.6 Å². The van der Waals surface area contributed by atoms with Crippen molar-refractivity contribution in [2.75, 3.05) is 0 Å². The molecule has 5 atom stereocenters. The summed E-state index contributed by atoms with van der Waals surface area (Å²) in [6, 6.07) is 2.56. The Labute approximate surface area is 165 Å². The summed E-state index contributed by atoms with van der Waals surface area (Å²) in [5, 5.41) is 19.6. The van der Waals surface area contributed by atoms with E-state index in [1.54, 1.807) is 6.92 Å². The molecule has 5 heteroatoms. The predicted octanol–water partition coefficient (Wildman–Crippen LogP) is 4.15. The van der Waals surface area contributed by atoms with Gasteiger partial charge in [0.15, 0.2) is 0 Å². The van der Waals surface area contributed by atoms with Crippen LogP contribution in [0, 0.1) is 35.5 Å². The van der Waals surface area contributed by atoms with Crippen LogP contribution in [0.15, 0.2) is 23.8 Å². The zero-order valence-electron chi connectivity index (χ0n) is 16.9. The highest BCUT2D eigenvalue weighted by atomic mass is 16.5. The molecule has 0 amide bonds. The SMILES string of the molecule is Cc1cc(O)cc(O)c1C(=O)O[C@@H]1C[C@]2(C)C3CC(C)(C)CC3C=C(C=O)[C@H]12. The maximum atomic E-state index is 12.7. The number of hydrogen-bond acceptors (Lipinski definition) is 5. The minimum Gasteiger partial charge on any atom is -0.508 e. The molecule has 4 rings (SSSR count). The van der Waals surface area contributed by atoms with Crippen molar-refractivity contribution >= 4 is 12.3 Å². The number of aryl methyl sites for hydroxylation is 1. The minimum atomic E-state index is -0.610. The molecule has 2 N–H and O–H groups in total. The second-order valence-corrected chi connectivity index (χ2v) is 9.92. The average Bonchev–Trinajstić information content (AvgIpc) is 2.87. The Bertz CT molecular complexity index is 860. The molecule has 150 valence electrons. The highest BCUT2D eigenvalue weighted by molar-refractivity contribution is 5.94. The molecule has 0 bridgehead atoms. The topological polar surface area (TPSA) is 83.8 Å². The number of rotatable bonds is 3. The largest absolute Gasteiger partial charge is 0.508 e. The quantitative estimate of drug-likeness (QED) is 0.604. The van der Waals surface area contributed by atoms with Crippen LogP contribution in [-0.2, 0) is 9.53 Å². The lowest BCUT2D eigenvalue weighted by atomic mass is 9.47. The fraction of sp³-hybridized carbons (Fsp3) is 0.565. The highest BCUT2D eigenvalue weighted by Crippen LogP contribution is 2.66. The summed E-state index contributed by atoms with van der Waals surface area (Å²) in [5.41, 5.74) is 1.49. The van der Waals surface area contributed by atoms with E-state index in [-0.39, 0.29) is 39.9 Å². The molecule has 0 aromatic heterocycles. The van der Waals surface area contributed by atoms with E-state index < -0.39 is 5.97 Å². The summed E-state index contributed by atoms with van der Waals surface area (Å²) < 4.78 is 5.76. The van der Waals surface area contributed by atoms with Gasteiger partial charge in [-0.1, -0.05) is 26.8 Å². The first-order valence-electron chi connectivity index (χ1n) is 9.96. The van der Waals surface area contributed by atoms with Gasteiger partial charge in [0.25, 0.3) is 0 Å². The number of aldehydes is 1. The van der Waals surface area contributed by atoms with E-state index in [1.807, 2.05) is 0 Å². The number of allylic oxidation sites excluding steroid dienone is 1. The van der Waals surface area contributed by atoms with Crippen molar-refractivity contribution in [1.29, 1.82) is 0 Å². The highest BCUT2D eigenvalue weighted by Gasteiger charge is 2.63. The summed E-state index contributed by atoms with van der Waals surface area (Å²) in [6.45, 7) is 8.43. The monoisotopic (exact) mass is 384 g/mol. The molecule has 2 saturated carbocycles. The number of phenolic OH excluding ortho intramolecular Hbond substituents is 2. The smallest absolute Gasteiger partial charge is 0.342 e. The van der Waals surface area contributed by atoms with Gasteiger partial charge in [0, 0.05) is 12.0 Å². The molecule has 3 aliphatic rings. The van der Waals surface area contributed by atoms with Gasteiger partial charge in [-0.05, 0) is 66.1 Å². The lowest BCUT2D eigenvalue weighted by Gasteiger charge is -2.59. The first kappa shape index (κ1) is 19.0. The first-order chi connectivity index (χ1) is 13.1. The third kappa shape index (κ3) is 2.75. The summed E-state index contributed by atoms with van der Waals surface area (Å²) >= 11 is 0. The molecule has 0 saturated heterocycles. The van der Waals surface area contributed by atoms with Crippen molar-refractivity contribution in [1.82, 2.24) is 0 Å². The Morgan fingerprint density at radius 1 is 1.18 bits per heavy atom. The number of benzene rings is 1. The maximum Gasteiger partial charge on any atom is 0.342 e. The van der Waals surface area contributed by atoms with Gasteiger partial charge in [-0.15, -0.1) is 0 Å². The van der Waals surface area contributed by atoms with E-state index in [0.29, 0.717) is 17.4 Å². The van der Waals surface area contributed by atoms with E-state index in [4.69, 9.17) is 4.74 Å². The molecule has 0 heterocycles. The van der Waals surface area contributed by atoms with Gasteiger partial charge < -0.3 is 14.9 Å². The van der Waals surface area contributed by atoms with Crippen molar-refractivity contribution in [2.45, 2.75) is 53.1 Å². The van der Waals surface area contributed by atoms with Crippen LogP contribution in [0.1, 0.15) is 56.0 Å². The van der Waals surface area contributed by atoms with Crippen LogP contribution in [0.4, 0.5) is 0 Å². The van der Waals surface area contributed by atoms with Crippen LogP contribution in [0.25, 0.3) is 0 Å². The van der Waals surface area contributed by atoms with Crippen molar-refractivity contribution in [3.05, 3.63) is 34.9 Å². The van der Waals surface area contributed by atoms with E-state index >= 15 is 0 Å². The molecular formula is C23H28O5. The third-order valence-corrected chi connectivity index (χ3v) is 7.31. The van der Waals surface area contributed by atoms with E-state index in [1.165, 1.54) is 6.07 Å². The second-order valence-electron chi connectivity index (χ2n) is 9.92. The molecular weight excluding hydrogens is 356 g/mol. The number of carbonyl (C=O) groups excluding carboxylic acids is 2. The van der Waals surface area contributed by atoms with E-state index in [0.717, 1.165) is 37.2 Å². The number of esters is 1. The molecule has 28 heavy (non-hydrogen) atoms. The lowest BCUT2D eigenvalue weighted by Crippen LogP contribution is -2.59. The number of aromatic hydroxyl groups is 2. The van der Waals surface area contributed by atoms with Gasteiger partial charge in [0.2, 0.25) is 0 Å². The molecule has 0 aliphatic heterocycles. The Kier molecular flexibility index (Phi) is 4.15. The van der Waals surface area contributed by atoms with E-state index in [9.17, 15) is 19.8 Å². The van der Waals surface area contributed by atoms with Crippen LogP contribution >= 0.6 is 0 Å². The van der Waals surface area contributed by atoms with Crippen molar-refractivity contribution < 1.29 is 24.5 Å². The molecule has 0 radical (unpaired) electrons. The van der Waals surface area contributed by atoms with Gasteiger partial charge in [-0.25, -0.2) is 4.79 Å². The third-order valence-electron chi connectivity index (χ3n) is 7.31. The van der Waals surface area contributed by atoms with Gasteiger partial charge in [0.1, 0.15) is 29.5 Å². The van der Waals surface area contributed by atoms with Crippen LogP contribution in [0.5, 0.6) is 11.5 Å². The molecule has 3 aliphatic carbocycles. The normalized spacial score (nSPS) is 35.2. The molecule has 1 aromatic carbocycles. The summed E-state index contributed by atoms with van der Waals surface area (Å²) in [7, 11) is 0. The van der Waals surface area contributed by atoms with Gasteiger partial charge in [0.05, 0.1) is 0 Å². The fourth-order valence-corrected chi connectivity index (χ4v) is 6.21. The van der Waals surface area contributed by atoms with Gasteiger partial charge in [-0.2, -0.15) is 0 Å². The van der Waals surface area contributed by atoms with Gasteiger partial charge >= 0.3 is 5.97 Å². The Morgan fingerprint density at radius 3 is 2.54 bits per heavy atom. The molecule has 2 fully saturated rings. The van der Waals surface area contributed by atoms with Crippen LogP contribution in [0.2, 0.25) is 0 Å². The number of hydrogen-bond donors (Lipinski definition) is 2. The van der Waals surface area contributed by atoms with E-state index in [2.05, 4.69) is 26.8 Å². The number of fused-ring (bicyclic) bond motifs is 3. The number of ether oxygens (including phenoxy) is 1. The average molecular weight is 384 g/mol. The molecule has 0 spiro atoms. The fourth-order valence-electron chi connectivity index (χ4n) is 6.21. The zero-order valence-corrected chi connectivity index (χ0v) is 16.9. The maximum absolute atomic E-state index is 12.7. The van der Waals surface area contributed by atoms with Gasteiger partial charge in [-0.3, -0.25) is 4.79 Å². The number of carbonyl (C=O) groups is 2. The second kappa shape index (κ2) is 6.10. The van der Waals surface area contributed by atoms with Crippen LogP contribution in [0.3, 0.4) is 0 Å². The Hall–Kier alpha value is -2.30. The number of phenols is 2. The predicted molar refractivity (Wildman–Crippen MR) is 104 cm³/mol. The Balaban J connectivity index is 1.59. The minimum absolute atomic E-state index is 0.0412. The standard InChI is InChI=1S/C23H28O5/c1-12-5-15(25)7-17(26)19(12)21(27)28-18-10-23(4)16-9-22(2,3)8-13(16)6-14(11-24)20(18)23/h5-7,11,13,16,18,20,25-26H,8-10H2,1-4H3/t13?,16?,18-,20-,23-/m1/s1. The first-order valence-corrected chi connectivity index (χ1v) is 9.96. The summed E-state index contributed by atoms with van der Waals surface area (Å²) in [5.74, 6) is -0.190. The summed E-state index contributed by atoms with van der Waals surface area (Å²) in [4.78, 5) is 24.5. The Morgan fingerprint density at radius 2 is 1.89 bits per heavy atom. The van der Waals surface area contributed by atoms with Crippen molar-refractivity contribution in [3.8, 4) is 11.5 Å². The van der Waals surface area contributed by atoms with Crippen LogP contribution < -0.4 is 0 Å². The summed E-state index contributed by atoms with van der Waals surface area (Å²) in [6.07, 6.45) is 5.60. The molecule has 2 unspecified atom stereocenters. The van der Waals surface area contributed by atoms with Crippen molar-refractivity contribution in [3.63, 3.8) is 0 Å². The zero-order chi connectivity index (χ0) is 20.4.